The SMILES string of the molecule is CCOC1CC(NCCc2ccnn2C)C1(C)C. The van der Waals surface area contributed by atoms with E-state index in [1.165, 1.54) is 5.69 Å². The van der Waals surface area contributed by atoms with E-state index in [4.69, 9.17) is 4.74 Å². The summed E-state index contributed by atoms with van der Waals surface area (Å²) in [4.78, 5) is 0. The second kappa shape index (κ2) is 5.41. The van der Waals surface area contributed by atoms with Crippen molar-refractivity contribution in [1.29, 1.82) is 0 Å². The molecule has 2 unspecified atom stereocenters. The maximum Gasteiger partial charge on any atom is 0.0655 e. The summed E-state index contributed by atoms with van der Waals surface area (Å²) in [7, 11) is 1.99. The van der Waals surface area contributed by atoms with E-state index in [0.717, 1.165) is 26.0 Å². The van der Waals surface area contributed by atoms with Gasteiger partial charge in [0.05, 0.1) is 6.10 Å². The molecule has 1 aliphatic carbocycles. The summed E-state index contributed by atoms with van der Waals surface area (Å²) in [5.41, 5.74) is 1.53. The number of aromatic nitrogens is 2. The summed E-state index contributed by atoms with van der Waals surface area (Å²) >= 11 is 0. The molecule has 2 rings (SSSR count). The number of rotatable bonds is 6. The van der Waals surface area contributed by atoms with E-state index in [1.807, 2.05) is 17.9 Å². The molecular formula is C14H25N3O. The van der Waals surface area contributed by atoms with Crippen molar-refractivity contribution in [3.8, 4) is 0 Å². The minimum absolute atomic E-state index is 0.252. The van der Waals surface area contributed by atoms with Crippen LogP contribution in [0.1, 0.15) is 32.9 Å². The van der Waals surface area contributed by atoms with Gasteiger partial charge in [0.1, 0.15) is 0 Å². The van der Waals surface area contributed by atoms with Gasteiger partial charge in [-0.05, 0) is 19.4 Å². The molecule has 0 aromatic carbocycles. The van der Waals surface area contributed by atoms with E-state index in [9.17, 15) is 0 Å². The summed E-state index contributed by atoms with van der Waals surface area (Å²) in [5, 5.41) is 7.82. The Bertz CT molecular complexity index is 386. The summed E-state index contributed by atoms with van der Waals surface area (Å²) in [6.45, 7) is 8.47. The minimum Gasteiger partial charge on any atom is -0.378 e. The quantitative estimate of drug-likeness (QED) is 0.837. The van der Waals surface area contributed by atoms with E-state index in [2.05, 4.69) is 37.3 Å². The minimum atomic E-state index is 0.252. The molecule has 18 heavy (non-hydrogen) atoms. The first-order chi connectivity index (χ1) is 8.55. The zero-order valence-electron chi connectivity index (χ0n) is 11.9. The Hall–Kier alpha value is -0.870. The molecule has 1 saturated carbocycles. The number of hydrogen-bond donors (Lipinski definition) is 1. The lowest BCUT2D eigenvalue weighted by Crippen LogP contribution is -2.61. The lowest BCUT2D eigenvalue weighted by atomic mass is 9.64. The number of nitrogens with zero attached hydrogens (tertiary/aromatic N) is 2. The first kappa shape index (κ1) is 13.6. The van der Waals surface area contributed by atoms with Crippen molar-refractivity contribution >= 4 is 0 Å². The number of ether oxygens (including phenoxy) is 1. The largest absolute Gasteiger partial charge is 0.378 e. The summed E-state index contributed by atoms with van der Waals surface area (Å²) in [6, 6.07) is 2.65. The van der Waals surface area contributed by atoms with E-state index >= 15 is 0 Å². The monoisotopic (exact) mass is 251 g/mol. The van der Waals surface area contributed by atoms with E-state index in [1.54, 1.807) is 0 Å². The fourth-order valence-corrected chi connectivity index (χ4v) is 2.74. The Morgan fingerprint density at radius 1 is 1.56 bits per heavy atom. The highest BCUT2D eigenvalue weighted by atomic mass is 16.5. The van der Waals surface area contributed by atoms with Gasteiger partial charge in [0.15, 0.2) is 0 Å². The van der Waals surface area contributed by atoms with Crippen LogP contribution in [0.15, 0.2) is 12.3 Å². The van der Waals surface area contributed by atoms with Gasteiger partial charge >= 0.3 is 0 Å². The predicted molar refractivity (Wildman–Crippen MR) is 72.5 cm³/mol. The van der Waals surface area contributed by atoms with Crippen LogP contribution in [0.4, 0.5) is 0 Å². The van der Waals surface area contributed by atoms with Gasteiger partial charge in [-0.3, -0.25) is 4.68 Å². The van der Waals surface area contributed by atoms with Gasteiger partial charge in [0, 0.05) is 50.0 Å². The fourth-order valence-electron chi connectivity index (χ4n) is 2.74. The van der Waals surface area contributed by atoms with Crippen molar-refractivity contribution in [3.05, 3.63) is 18.0 Å². The van der Waals surface area contributed by atoms with Crippen molar-refractivity contribution in [2.24, 2.45) is 12.5 Å². The van der Waals surface area contributed by atoms with Crippen molar-refractivity contribution in [3.63, 3.8) is 0 Å². The highest BCUT2D eigenvalue weighted by Crippen LogP contribution is 2.42. The molecular weight excluding hydrogens is 226 g/mol. The Kier molecular flexibility index (Phi) is 4.07. The van der Waals surface area contributed by atoms with Crippen LogP contribution in [-0.2, 0) is 18.2 Å². The summed E-state index contributed by atoms with van der Waals surface area (Å²) < 4.78 is 7.68. The van der Waals surface area contributed by atoms with E-state index in [-0.39, 0.29) is 5.41 Å². The normalized spacial score (nSPS) is 26.0. The maximum atomic E-state index is 5.74. The molecule has 0 aliphatic heterocycles. The Balaban J connectivity index is 1.74. The number of aryl methyl sites for hydroxylation is 1. The van der Waals surface area contributed by atoms with Crippen LogP contribution in [0.5, 0.6) is 0 Å². The summed E-state index contributed by atoms with van der Waals surface area (Å²) in [5.74, 6) is 0. The molecule has 1 N–H and O–H groups in total. The lowest BCUT2D eigenvalue weighted by molar-refractivity contribution is -0.113. The van der Waals surface area contributed by atoms with E-state index in [0.29, 0.717) is 12.1 Å². The zero-order chi connectivity index (χ0) is 13.2. The molecule has 0 radical (unpaired) electrons. The van der Waals surface area contributed by atoms with Gasteiger partial charge in [-0.15, -0.1) is 0 Å². The molecule has 0 spiro atoms. The molecule has 2 atom stereocenters. The van der Waals surface area contributed by atoms with Gasteiger partial charge in [0.25, 0.3) is 0 Å². The predicted octanol–water partition coefficient (Wildman–Crippen LogP) is 1.76. The second-order valence-corrected chi connectivity index (χ2v) is 5.70. The second-order valence-electron chi connectivity index (χ2n) is 5.70. The third kappa shape index (κ3) is 2.59. The molecule has 0 amide bonds. The van der Waals surface area contributed by atoms with Gasteiger partial charge in [-0.1, -0.05) is 13.8 Å². The highest BCUT2D eigenvalue weighted by molar-refractivity contribution is 5.04. The highest BCUT2D eigenvalue weighted by Gasteiger charge is 2.48. The molecule has 1 fully saturated rings. The molecule has 1 aromatic heterocycles. The van der Waals surface area contributed by atoms with Gasteiger partial charge < -0.3 is 10.1 Å². The van der Waals surface area contributed by atoms with Crippen LogP contribution < -0.4 is 5.32 Å². The number of nitrogens with one attached hydrogen (secondary N) is 1. The van der Waals surface area contributed by atoms with Gasteiger partial charge in [-0.25, -0.2) is 0 Å². The first-order valence-electron chi connectivity index (χ1n) is 6.87. The molecule has 4 heteroatoms. The third-order valence-electron chi connectivity index (χ3n) is 4.24. The van der Waals surface area contributed by atoms with Crippen LogP contribution in [0.2, 0.25) is 0 Å². The number of hydrogen-bond acceptors (Lipinski definition) is 3. The zero-order valence-corrected chi connectivity index (χ0v) is 11.9. The van der Waals surface area contributed by atoms with Crippen molar-refractivity contribution in [1.82, 2.24) is 15.1 Å². The summed E-state index contributed by atoms with van der Waals surface area (Å²) in [6.07, 6.45) is 4.43. The van der Waals surface area contributed by atoms with Crippen molar-refractivity contribution in [2.75, 3.05) is 13.2 Å². The van der Waals surface area contributed by atoms with Crippen molar-refractivity contribution < 1.29 is 4.74 Å². The lowest BCUT2D eigenvalue weighted by Gasteiger charge is -2.52. The Morgan fingerprint density at radius 3 is 2.89 bits per heavy atom. The average Bonchev–Trinajstić information content (AvgIpc) is 2.73. The average molecular weight is 251 g/mol. The van der Waals surface area contributed by atoms with Gasteiger partial charge in [-0.2, -0.15) is 5.10 Å². The topological polar surface area (TPSA) is 39.1 Å². The Labute approximate surface area is 110 Å². The van der Waals surface area contributed by atoms with Crippen molar-refractivity contribution in [2.45, 2.75) is 45.8 Å². The van der Waals surface area contributed by atoms with Crippen LogP contribution in [0, 0.1) is 5.41 Å². The van der Waals surface area contributed by atoms with Gasteiger partial charge in [0.2, 0.25) is 0 Å². The smallest absolute Gasteiger partial charge is 0.0655 e. The standard InChI is InChI=1S/C14H25N3O/c1-5-18-13-10-12(14(13,2)3)15-8-6-11-7-9-16-17(11)4/h7,9,12-13,15H,5-6,8,10H2,1-4H3. The molecule has 1 aromatic rings. The molecule has 1 heterocycles. The first-order valence-corrected chi connectivity index (χ1v) is 6.87. The molecule has 1 aliphatic rings. The van der Waals surface area contributed by atoms with E-state index < -0.39 is 0 Å². The van der Waals surface area contributed by atoms with Crippen LogP contribution in [0.25, 0.3) is 0 Å². The molecule has 102 valence electrons. The fraction of sp³-hybridized carbons (Fsp3) is 0.786. The third-order valence-corrected chi connectivity index (χ3v) is 4.24. The maximum absolute atomic E-state index is 5.74. The van der Waals surface area contributed by atoms with Crippen LogP contribution in [0.3, 0.4) is 0 Å². The molecule has 0 saturated heterocycles. The van der Waals surface area contributed by atoms with Crippen LogP contribution in [-0.4, -0.2) is 35.1 Å². The van der Waals surface area contributed by atoms with Crippen LogP contribution >= 0.6 is 0 Å². The molecule has 4 nitrogen and oxygen atoms in total. The molecule has 0 bridgehead atoms. The Morgan fingerprint density at radius 2 is 2.33 bits per heavy atom.